The van der Waals surface area contributed by atoms with Gasteiger partial charge in [-0.2, -0.15) is 0 Å². The summed E-state index contributed by atoms with van der Waals surface area (Å²) in [7, 11) is 0. The molecular weight excluding hydrogens is 242 g/mol. The maximum absolute atomic E-state index is 11.4. The molecule has 100 valence electrons. The molecule has 0 aliphatic carbocycles. The number of nitrogens with zero attached hydrogens (tertiary/aromatic N) is 3. The van der Waals surface area contributed by atoms with E-state index in [9.17, 15) is 9.90 Å². The second-order valence-corrected chi connectivity index (χ2v) is 5.21. The molecular formula is C14H17N3O2. The first kappa shape index (κ1) is 13.3. The van der Waals surface area contributed by atoms with Crippen LogP contribution in [0.1, 0.15) is 25.0 Å². The summed E-state index contributed by atoms with van der Waals surface area (Å²) >= 11 is 0. The molecule has 0 atom stereocenters. The van der Waals surface area contributed by atoms with Gasteiger partial charge >= 0.3 is 5.97 Å². The zero-order chi connectivity index (χ0) is 14.2. The zero-order valence-corrected chi connectivity index (χ0v) is 11.5. The first-order chi connectivity index (χ1) is 8.84. The Labute approximate surface area is 111 Å². The van der Waals surface area contributed by atoms with E-state index in [4.69, 9.17) is 0 Å². The standard InChI is InChI=1S/C14H17N3O2/c1-9-5-6-11(10(2)7-9)12-8-15-16-17(12)14(3,4)13(18)19/h5-8H,1-4H3,(H,18,19). The Hall–Kier alpha value is -2.17. The van der Waals surface area contributed by atoms with Crippen molar-refractivity contribution in [2.45, 2.75) is 33.2 Å². The van der Waals surface area contributed by atoms with Crippen LogP contribution >= 0.6 is 0 Å². The summed E-state index contributed by atoms with van der Waals surface area (Å²) in [4.78, 5) is 11.4. The largest absolute Gasteiger partial charge is 0.479 e. The van der Waals surface area contributed by atoms with Crippen LogP contribution in [0.4, 0.5) is 0 Å². The highest BCUT2D eigenvalue weighted by molar-refractivity contribution is 5.77. The fourth-order valence-electron chi connectivity index (χ4n) is 2.02. The Morgan fingerprint density at radius 1 is 1.32 bits per heavy atom. The number of carboxylic acid groups (broad SMARTS) is 1. The van der Waals surface area contributed by atoms with Crippen molar-refractivity contribution in [1.29, 1.82) is 0 Å². The molecule has 0 aliphatic rings. The molecule has 0 saturated carbocycles. The van der Waals surface area contributed by atoms with E-state index < -0.39 is 11.5 Å². The fourth-order valence-corrected chi connectivity index (χ4v) is 2.02. The van der Waals surface area contributed by atoms with Crippen molar-refractivity contribution in [1.82, 2.24) is 15.0 Å². The van der Waals surface area contributed by atoms with Gasteiger partial charge in [-0.25, -0.2) is 9.48 Å². The van der Waals surface area contributed by atoms with Crippen LogP contribution in [0, 0.1) is 13.8 Å². The van der Waals surface area contributed by atoms with Crippen LogP contribution in [0.5, 0.6) is 0 Å². The number of carbonyl (C=O) groups is 1. The summed E-state index contributed by atoms with van der Waals surface area (Å²) in [5.74, 6) is -0.941. The third-order valence-electron chi connectivity index (χ3n) is 3.26. The molecule has 0 bridgehead atoms. The predicted octanol–water partition coefficient (Wildman–Crippen LogP) is 2.38. The van der Waals surface area contributed by atoms with E-state index in [0.29, 0.717) is 5.69 Å². The molecule has 1 aromatic carbocycles. The highest BCUT2D eigenvalue weighted by Crippen LogP contribution is 2.27. The number of aliphatic carboxylic acids is 1. The van der Waals surface area contributed by atoms with E-state index in [1.54, 1.807) is 20.0 Å². The van der Waals surface area contributed by atoms with Crippen molar-refractivity contribution in [2.24, 2.45) is 0 Å². The summed E-state index contributed by atoms with van der Waals surface area (Å²) in [5.41, 5.74) is 2.76. The molecule has 0 radical (unpaired) electrons. The lowest BCUT2D eigenvalue weighted by Gasteiger charge is -2.22. The molecule has 1 heterocycles. The van der Waals surface area contributed by atoms with E-state index in [0.717, 1.165) is 16.7 Å². The molecule has 1 N–H and O–H groups in total. The fraction of sp³-hybridized carbons (Fsp3) is 0.357. The predicted molar refractivity (Wildman–Crippen MR) is 71.9 cm³/mol. The Morgan fingerprint density at radius 2 is 2.00 bits per heavy atom. The van der Waals surface area contributed by atoms with Crippen molar-refractivity contribution in [2.75, 3.05) is 0 Å². The van der Waals surface area contributed by atoms with Crippen LogP contribution in [0.2, 0.25) is 0 Å². The molecule has 2 rings (SSSR count). The third kappa shape index (κ3) is 2.23. The van der Waals surface area contributed by atoms with E-state index in [-0.39, 0.29) is 0 Å². The topological polar surface area (TPSA) is 68.0 Å². The number of aromatic nitrogens is 3. The molecule has 19 heavy (non-hydrogen) atoms. The van der Waals surface area contributed by atoms with Crippen molar-refractivity contribution in [3.63, 3.8) is 0 Å². The van der Waals surface area contributed by atoms with Crippen molar-refractivity contribution >= 4 is 5.97 Å². The number of hydrogen-bond acceptors (Lipinski definition) is 3. The van der Waals surface area contributed by atoms with Gasteiger partial charge in [0, 0.05) is 5.56 Å². The highest BCUT2D eigenvalue weighted by atomic mass is 16.4. The van der Waals surface area contributed by atoms with Gasteiger partial charge in [-0.1, -0.05) is 29.0 Å². The quantitative estimate of drug-likeness (QED) is 0.918. The third-order valence-corrected chi connectivity index (χ3v) is 3.26. The van der Waals surface area contributed by atoms with Crippen LogP contribution in [-0.4, -0.2) is 26.1 Å². The number of benzene rings is 1. The smallest absolute Gasteiger partial charge is 0.331 e. The van der Waals surface area contributed by atoms with Gasteiger partial charge in [0.2, 0.25) is 0 Å². The first-order valence-corrected chi connectivity index (χ1v) is 6.06. The second-order valence-electron chi connectivity index (χ2n) is 5.21. The van der Waals surface area contributed by atoms with Gasteiger partial charge in [0.05, 0.1) is 11.9 Å². The summed E-state index contributed by atoms with van der Waals surface area (Å²) in [6.45, 7) is 7.23. The Bertz CT molecular complexity index is 629. The highest BCUT2D eigenvalue weighted by Gasteiger charge is 2.33. The molecule has 0 unspecified atom stereocenters. The number of rotatable bonds is 3. The van der Waals surface area contributed by atoms with Crippen LogP contribution in [0.3, 0.4) is 0 Å². The maximum atomic E-state index is 11.4. The summed E-state index contributed by atoms with van der Waals surface area (Å²) in [6.07, 6.45) is 1.60. The van der Waals surface area contributed by atoms with Gasteiger partial charge in [-0.05, 0) is 33.3 Å². The molecule has 2 aromatic rings. The summed E-state index contributed by atoms with van der Waals surface area (Å²) < 4.78 is 1.45. The van der Waals surface area contributed by atoms with Gasteiger partial charge in [-0.3, -0.25) is 0 Å². The van der Waals surface area contributed by atoms with Crippen LogP contribution in [0.15, 0.2) is 24.4 Å². The average Bonchev–Trinajstić information content (AvgIpc) is 2.78. The van der Waals surface area contributed by atoms with E-state index >= 15 is 0 Å². The van der Waals surface area contributed by atoms with Crippen molar-refractivity contribution in [3.8, 4) is 11.3 Å². The molecule has 0 saturated heterocycles. The Kier molecular flexibility index (Phi) is 3.14. The normalized spacial score (nSPS) is 11.6. The SMILES string of the molecule is Cc1ccc(-c2cnnn2C(C)(C)C(=O)O)c(C)c1. The Balaban J connectivity index is 2.60. The average molecular weight is 259 g/mol. The summed E-state index contributed by atoms with van der Waals surface area (Å²) in [6, 6.07) is 6.02. The molecule has 0 spiro atoms. The monoisotopic (exact) mass is 259 g/mol. The molecule has 0 fully saturated rings. The minimum atomic E-state index is -1.14. The maximum Gasteiger partial charge on any atom is 0.331 e. The lowest BCUT2D eigenvalue weighted by atomic mass is 10.0. The van der Waals surface area contributed by atoms with Crippen LogP contribution in [-0.2, 0) is 10.3 Å². The van der Waals surface area contributed by atoms with Crippen LogP contribution < -0.4 is 0 Å². The lowest BCUT2D eigenvalue weighted by molar-refractivity contribution is -0.146. The number of carboxylic acids is 1. The van der Waals surface area contributed by atoms with Gasteiger partial charge in [0.15, 0.2) is 5.54 Å². The van der Waals surface area contributed by atoms with Gasteiger partial charge in [0.1, 0.15) is 0 Å². The van der Waals surface area contributed by atoms with Crippen molar-refractivity contribution < 1.29 is 9.90 Å². The Morgan fingerprint density at radius 3 is 2.58 bits per heavy atom. The molecule has 0 amide bonds. The lowest BCUT2D eigenvalue weighted by Crippen LogP contribution is -2.37. The van der Waals surface area contributed by atoms with E-state index in [1.807, 2.05) is 26.0 Å². The molecule has 5 nitrogen and oxygen atoms in total. The van der Waals surface area contributed by atoms with Gasteiger partial charge < -0.3 is 5.11 Å². The zero-order valence-electron chi connectivity index (χ0n) is 11.5. The van der Waals surface area contributed by atoms with Gasteiger partial charge in [-0.15, -0.1) is 5.10 Å². The van der Waals surface area contributed by atoms with E-state index in [2.05, 4.69) is 16.4 Å². The minimum Gasteiger partial charge on any atom is -0.479 e. The van der Waals surface area contributed by atoms with Crippen molar-refractivity contribution in [3.05, 3.63) is 35.5 Å². The molecule has 5 heteroatoms. The van der Waals surface area contributed by atoms with Crippen LogP contribution in [0.25, 0.3) is 11.3 Å². The number of aryl methyl sites for hydroxylation is 2. The first-order valence-electron chi connectivity index (χ1n) is 6.06. The minimum absolute atomic E-state index is 0.713. The second kappa shape index (κ2) is 4.50. The summed E-state index contributed by atoms with van der Waals surface area (Å²) in [5, 5.41) is 17.1. The van der Waals surface area contributed by atoms with Gasteiger partial charge in [0.25, 0.3) is 0 Å². The number of hydrogen-bond donors (Lipinski definition) is 1. The molecule has 1 aromatic heterocycles. The molecule has 0 aliphatic heterocycles. The van der Waals surface area contributed by atoms with E-state index in [1.165, 1.54) is 4.68 Å².